The molecular formula is C40H76B5N3O23P4S-4. The first-order valence-electron chi connectivity index (χ1n) is 24.3. The second-order valence-corrected chi connectivity index (χ2v) is 24.0. The zero-order valence-corrected chi connectivity index (χ0v) is 49.9. The van der Waals surface area contributed by atoms with Crippen molar-refractivity contribution in [2.24, 2.45) is 0 Å². The minimum absolute atomic E-state index is 0.0446. The zero-order chi connectivity index (χ0) is 58.6. The van der Waals surface area contributed by atoms with E-state index in [1.807, 2.05) is 34.6 Å². The standard InChI is InChI=1S/C10H20BO7P.C8H15BN2O2.C8H16BO6P.C7H15BNO4P.C7H14BO4PS/c1-4-7-8(18-19(12,13)15-3)9(10(11)17-7)16-6-5-14-2;1-3-4-11(8(13)5-9)6-7(12)10-2;1-4-5-6(15-16(10,11)13-3)7(12-2)8(9)14-5;1-3-6-5(4-7(8)13-6)9-14(10,11)12-2;1-3-5-6(4-7(8)11-5)12-13(9,14)10-2/h7-10H,4-6H2,1-3H3,(H,12,13);3-6H2,1-2H3,(H,10,12);5-8H,4H2,1-3H3,(H,10,11);5-7H,3-4H2,1-2H3,(H2,9,10,11);5-7H,3-4H2,1-2H3,(H,9,14)/p-4/t7-,8?,9+,10-;;5-,6?,7+,8-;5?,6-,7-;5-,6?,7-,13?/m1.111/s1. The topological polar surface area (TPSA) is 334 Å². The van der Waals surface area contributed by atoms with Gasteiger partial charge in [0, 0.05) is 86.3 Å². The van der Waals surface area contributed by atoms with Gasteiger partial charge in [-0.3, -0.25) is 28.4 Å². The number of rotatable bonds is 26. The Morgan fingerprint density at radius 2 is 1.14 bits per heavy atom. The van der Waals surface area contributed by atoms with Gasteiger partial charge in [-0.1, -0.05) is 46.4 Å². The fourth-order valence-electron chi connectivity index (χ4n) is 7.45. The van der Waals surface area contributed by atoms with Gasteiger partial charge in [-0.2, -0.15) is 0 Å². The molecule has 10 radical (unpaired) electrons. The number of methoxy groups -OCH3 is 2. The summed E-state index contributed by atoms with van der Waals surface area (Å²) in [5.41, 5.74) is 0. The lowest BCUT2D eigenvalue weighted by molar-refractivity contribution is -0.232. The lowest BCUT2D eigenvalue weighted by Crippen LogP contribution is -2.39. The maximum atomic E-state index is 11.4. The monoisotopic (exact) mass is 1180 g/mol. The van der Waals surface area contributed by atoms with Crippen LogP contribution >= 0.6 is 30.1 Å². The summed E-state index contributed by atoms with van der Waals surface area (Å²) in [6, 6.07) is -2.48. The molecule has 0 saturated carbocycles. The van der Waals surface area contributed by atoms with Crippen LogP contribution in [-0.2, 0) is 99.9 Å². The number of nitrogens with zero attached hydrogens (tertiary/aromatic N) is 1. The average Bonchev–Trinajstić information content (AvgIpc) is 4.10. The first-order chi connectivity index (χ1) is 35.5. The third kappa shape index (κ3) is 28.2. The fourth-order valence-corrected chi connectivity index (χ4v) is 10.5. The normalized spacial score (nSPS) is 31.9. The predicted octanol–water partition coefficient (Wildman–Crippen LogP) is -0.767. The van der Waals surface area contributed by atoms with Crippen molar-refractivity contribution in [3.63, 3.8) is 0 Å². The van der Waals surface area contributed by atoms with Crippen molar-refractivity contribution in [2.45, 2.75) is 171 Å². The summed E-state index contributed by atoms with van der Waals surface area (Å²) in [6.07, 6.45) is -0.0560. The van der Waals surface area contributed by atoms with E-state index in [9.17, 15) is 42.9 Å². The van der Waals surface area contributed by atoms with Crippen LogP contribution in [0.1, 0.15) is 79.6 Å². The molecule has 2 amide bonds. The summed E-state index contributed by atoms with van der Waals surface area (Å²) in [5.74, 6) is -0.360. The lowest BCUT2D eigenvalue weighted by Gasteiger charge is -2.30. The van der Waals surface area contributed by atoms with E-state index in [2.05, 4.69) is 40.3 Å². The molecule has 434 valence electrons. The molecule has 76 heavy (non-hydrogen) atoms. The number of ether oxygens (including phenoxy) is 7. The molecule has 18 atom stereocenters. The van der Waals surface area contributed by atoms with Gasteiger partial charge in [-0.25, -0.2) is 0 Å². The Morgan fingerprint density at radius 1 is 0.658 bits per heavy atom. The van der Waals surface area contributed by atoms with Gasteiger partial charge in [0.25, 0.3) is 15.6 Å². The third-order valence-electron chi connectivity index (χ3n) is 11.3. The van der Waals surface area contributed by atoms with E-state index < -0.39 is 84.7 Å². The van der Waals surface area contributed by atoms with Gasteiger partial charge >= 0.3 is 0 Å². The van der Waals surface area contributed by atoms with Crippen LogP contribution in [0.2, 0.25) is 6.32 Å². The Labute approximate surface area is 461 Å². The number of nitrogens with one attached hydrogen (secondary N) is 2. The van der Waals surface area contributed by atoms with Crippen LogP contribution in [0.15, 0.2) is 0 Å². The van der Waals surface area contributed by atoms with Crippen LogP contribution in [0.3, 0.4) is 0 Å². The molecule has 26 nitrogen and oxygen atoms in total. The van der Waals surface area contributed by atoms with Crippen molar-refractivity contribution in [1.29, 1.82) is 0 Å². The van der Waals surface area contributed by atoms with Crippen LogP contribution in [0.25, 0.3) is 0 Å². The Bertz CT molecular complexity index is 1800. The number of phosphoric ester groups is 2. The van der Waals surface area contributed by atoms with Crippen molar-refractivity contribution < 1.29 is 108 Å². The first-order valence-corrected chi connectivity index (χ1v) is 31.3. The Kier molecular flexibility index (Phi) is 38.5. The van der Waals surface area contributed by atoms with Crippen molar-refractivity contribution in [3.05, 3.63) is 0 Å². The molecule has 4 saturated heterocycles. The molecule has 0 aromatic heterocycles. The summed E-state index contributed by atoms with van der Waals surface area (Å²) in [4.78, 5) is 68.7. The average molecular weight is 1180 g/mol. The molecule has 4 aliphatic heterocycles. The largest absolute Gasteiger partial charge is 0.780 e. The van der Waals surface area contributed by atoms with Crippen LogP contribution in [0.5, 0.6) is 0 Å². The predicted molar refractivity (Wildman–Crippen MR) is 279 cm³/mol. The zero-order valence-electron chi connectivity index (χ0n) is 45.5. The highest BCUT2D eigenvalue weighted by Crippen LogP contribution is 2.45. The molecule has 0 aliphatic carbocycles. The summed E-state index contributed by atoms with van der Waals surface area (Å²) >= 11 is 4.64. The van der Waals surface area contributed by atoms with Gasteiger partial charge in [0.2, 0.25) is 19.6 Å². The summed E-state index contributed by atoms with van der Waals surface area (Å²) in [6.45, 7) is 7.44. The molecule has 0 bridgehead atoms. The van der Waals surface area contributed by atoms with Crippen LogP contribution in [0.4, 0.5) is 0 Å². The number of hydrogen-bond acceptors (Lipinski definition) is 24. The van der Waals surface area contributed by atoms with Gasteiger partial charge in [0.05, 0.1) is 58.1 Å². The first kappa shape index (κ1) is 75.8. The van der Waals surface area contributed by atoms with E-state index in [-0.39, 0.29) is 61.6 Å². The Balaban J connectivity index is 0.000000932. The van der Waals surface area contributed by atoms with E-state index in [0.29, 0.717) is 38.8 Å². The SMILES string of the molecule is [B]CC(=O)N(CCC)CC(=O)NC.[B][C@@H]1O[C@H](CC)C(OP(=O)([O-])OC)[C@@H]1OC.[B][C@@H]1O[C@H](CC)C(OP(=O)([O-])OC)[C@@H]1OCCOC.[B][C@H]1CC(NP(=O)([O-])OC)[C@@H](CC)O1.[B][C@H]1CC(OP([O-])(=S)OC)[C@@H](CC)O1. The van der Waals surface area contributed by atoms with Crippen LogP contribution in [0, 0.1) is 0 Å². The quantitative estimate of drug-likeness (QED) is 0.0610. The number of amides is 2. The molecule has 0 spiro atoms. The molecule has 0 aromatic rings. The fraction of sp³-hybridized carbons (Fsp3) is 0.950. The highest BCUT2D eigenvalue weighted by molar-refractivity contribution is 8.06. The van der Waals surface area contributed by atoms with E-state index in [1.54, 1.807) is 7.05 Å². The van der Waals surface area contributed by atoms with Gasteiger partial charge in [-0.15, -0.1) is 0 Å². The Morgan fingerprint density at radius 3 is 1.57 bits per heavy atom. The van der Waals surface area contributed by atoms with Gasteiger partial charge in [0.15, 0.2) is 0 Å². The number of likely N-dealkylation sites (N-methyl/N-ethyl adjacent to an activating group) is 1. The minimum Gasteiger partial charge on any atom is -0.780 e. The van der Waals surface area contributed by atoms with Crippen LogP contribution < -0.4 is 30.0 Å². The number of hydrogen-bond donors (Lipinski definition) is 2. The van der Waals surface area contributed by atoms with Gasteiger partial charge < -0.3 is 94.6 Å². The maximum Gasteiger partial charge on any atom is 0.268 e. The van der Waals surface area contributed by atoms with E-state index >= 15 is 0 Å². The van der Waals surface area contributed by atoms with Gasteiger partial charge in [-0.05, 0) is 51.3 Å². The van der Waals surface area contributed by atoms with Crippen molar-refractivity contribution in [1.82, 2.24) is 15.3 Å². The second kappa shape index (κ2) is 38.6. The molecule has 8 unspecified atom stereocenters. The van der Waals surface area contributed by atoms with Crippen LogP contribution in [-0.4, -0.2) is 217 Å². The van der Waals surface area contributed by atoms with Crippen molar-refractivity contribution >= 4 is 93.0 Å². The maximum absolute atomic E-state index is 11.4. The van der Waals surface area contributed by atoms with Gasteiger partial charge in [0.1, 0.15) is 62.5 Å². The third-order valence-corrected chi connectivity index (χ3v) is 16.0. The number of carbonyl (C=O) groups excluding carboxylic acids is 2. The molecule has 4 rings (SSSR count). The van der Waals surface area contributed by atoms with E-state index in [0.717, 1.165) is 40.6 Å². The summed E-state index contributed by atoms with van der Waals surface area (Å²) < 4.78 is 103. The summed E-state index contributed by atoms with van der Waals surface area (Å²) in [7, 11) is 24.1. The second-order valence-electron chi connectivity index (χ2n) is 16.6. The molecular weight excluding hydrogens is 1100 g/mol. The smallest absolute Gasteiger partial charge is 0.268 e. The van der Waals surface area contributed by atoms with Crippen molar-refractivity contribution in [3.8, 4) is 0 Å². The Hall–Kier alpha value is -0.155. The lowest BCUT2D eigenvalue weighted by atomic mass is 9.92. The summed E-state index contributed by atoms with van der Waals surface area (Å²) in [5, 5.41) is 4.87. The highest BCUT2D eigenvalue weighted by atomic mass is 32.5. The van der Waals surface area contributed by atoms with E-state index in [4.69, 9.17) is 86.0 Å². The molecule has 4 aliphatic rings. The molecule has 2 N–H and O–H groups in total. The molecule has 4 heterocycles. The molecule has 36 heteroatoms. The molecule has 0 aromatic carbocycles. The van der Waals surface area contributed by atoms with E-state index in [1.165, 1.54) is 26.2 Å². The highest BCUT2D eigenvalue weighted by Gasteiger charge is 2.45. The minimum atomic E-state index is -4.37. The number of carbonyl (C=O) groups is 2. The molecule has 4 fully saturated rings. The number of phosphoric acid groups is 2. The van der Waals surface area contributed by atoms with Crippen molar-refractivity contribution in [2.75, 3.05) is 76.0 Å².